The van der Waals surface area contributed by atoms with E-state index in [0.717, 1.165) is 62.3 Å². The van der Waals surface area contributed by atoms with Crippen molar-refractivity contribution in [1.29, 1.82) is 0 Å². The summed E-state index contributed by atoms with van der Waals surface area (Å²) in [7, 11) is 1.96. The molecule has 2 heterocycles. The first-order valence-electron chi connectivity index (χ1n) is 16.2. The lowest BCUT2D eigenvalue weighted by atomic mass is 9.98. The highest BCUT2D eigenvalue weighted by Crippen LogP contribution is 2.28. The van der Waals surface area contributed by atoms with Crippen LogP contribution in [0.5, 0.6) is 0 Å². The highest BCUT2D eigenvalue weighted by Gasteiger charge is 2.25. The van der Waals surface area contributed by atoms with Crippen molar-refractivity contribution in [3.8, 4) is 0 Å². The van der Waals surface area contributed by atoms with Crippen LogP contribution in [0.2, 0.25) is 0 Å². The number of carbonyl (C=O) groups is 3. The van der Waals surface area contributed by atoms with Crippen molar-refractivity contribution in [2.75, 3.05) is 33.2 Å². The number of hydrogen-bond donors (Lipinski definition) is 3. The van der Waals surface area contributed by atoms with Gasteiger partial charge in [-0.3, -0.25) is 19.3 Å². The van der Waals surface area contributed by atoms with Crippen molar-refractivity contribution in [3.63, 3.8) is 0 Å². The van der Waals surface area contributed by atoms with E-state index in [1.807, 2.05) is 27.8 Å². The Labute approximate surface area is 264 Å². The standard InChI is InChI=1S/C20H29N3OS.C8H13NO.C4H9NO.C2H6/c1-3-14-8-9-16-18(12-14)25-20(23-16)11-10-19(24)22-17(13-21-2)15-6-4-5-7-15;1-8(7-10)6-9-4-2-3-5-9;1-2-3-4(5)6;1-2/h8-9,12,15,17,21H,3-7,10-11,13H2,1-2H3,(H,22,24);7H,1-6H2;2-3H2,1H3,(H2,5,6);1-2H3. The highest BCUT2D eigenvalue weighted by molar-refractivity contribution is 7.18. The first kappa shape index (κ1) is 38.4. The van der Waals surface area contributed by atoms with E-state index in [2.05, 4.69) is 52.2 Å². The number of rotatable bonds is 13. The molecule has 0 radical (unpaired) electrons. The number of aromatic nitrogens is 1. The van der Waals surface area contributed by atoms with Gasteiger partial charge in [0.2, 0.25) is 11.8 Å². The molecule has 1 aromatic heterocycles. The van der Waals surface area contributed by atoms with Crippen LogP contribution in [0.4, 0.5) is 0 Å². The van der Waals surface area contributed by atoms with Gasteiger partial charge in [-0.1, -0.05) is 53.2 Å². The predicted molar refractivity (Wildman–Crippen MR) is 181 cm³/mol. The molecule has 0 spiro atoms. The molecule has 1 saturated carbocycles. The number of nitrogens with one attached hydrogen (secondary N) is 2. The third kappa shape index (κ3) is 15.6. The van der Waals surface area contributed by atoms with E-state index in [-0.39, 0.29) is 17.9 Å². The van der Waals surface area contributed by atoms with Gasteiger partial charge in [0, 0.05) is 38.4 Å². The van der Waals surface area contributed by atoms with E-state index in [1.165, 1.54) is 48.8 Å². The fourth-order valence-electron chi connectivity index (χ4n) is 5.27. The number of nitrogens with two attached hydrogens (primary N) is 1. The molecule has 2 amide bonds. The molecule has 1 aliphatic carbocycles. The molecular formula is C34H57N5O3S. The van der Waals surface area contributed by atoms with Crippen LogP contribution in [0.15, 0.2) is 30.4 Å². The summed E-state index contributed by atoms with van der Waals surface area (Å²) in [5.74, 6) is 0.574. The molecule has 9 heteroatoms. The average Bonchev–Trinajstić information content (AvgIpc) is 3.80. The summed E-state index contributed by atoms with van der Waals surface area (Å²) in [5.41, 5.74) is 7.85. The van der Waals surface area contributed by atoms with Crippen molar-refractivity contribution < 1.29 is 14.4 Å². The van der Waals surface area contributed by atoms with E-state index in [4.69, 9.17) is 5.73 Å². The summed E-state index contributed by atoms with van der Waals surface area (Å²) in [6.45, 7) is 15.6. The minimum atomic E-state index is -0.211. The second-order valence-electron chi connectivity index (χ2n) is 11.0. The molecule has 8 nitrogen and oxygen atoms in total. The number of aldehydes is 1. The SMILES string of the molecule is C=C(C=O)CN1CCCC1.CC.CCCC(N)=O.CCc1ccc2nc(CCC(=O)NC(CNC)C3CCCC3)sc2c1. The largest absolute Gasteiger partial charge is 0.370 e. The van der Waals surface area contributed by atoms with Gasteiger partial charge < -0.3 is 16.4 Å². The van der Waals surface area contributed by atoms with Gasteiger partial charge in [-0.15, -0.1) is 11.3 Å². The number of fused-ring (bicyclic) bond motifs is 1. The second-order valence-corrected chi connectivity index (χ2v) is 12.1. The zero-order chi connectivity index (χ0) is 32.0. The van der Waals surface area contributed by atoms with Gasteiger partial charge in [0.15, 0.2) is 0 Å². The van der Waals surface area contributed by atoms with Gasteiger partial charge in [-0.2, -0.15) is 0 Å². The Morgan fingerprint density at radius 3 is 2.35 bits per heavy atom. The van der Waals surface area contributed by atoms with Crippen LogP contribution in [-0.2, 0) is 27.2 Å². The number of likely N-dealkylation sites (N-methyl/N-ethyl adjacent to an activating group) is 1. The number of amides is 2. The minimum Gasteiger partial charge on any atom is -0.370 e. The lowest BCUT2D eigenvalue weighted by molar-refractivity contribution is -0.122. The number of likely N-dealkylation sites (tertiary alicyclic amines) is 1. The summed E-state index contributed by atoms with van der Waals surface area (Å²) in [4.78, 5) is 39.3. The summed E-state index contributed by atoms with van der Waals surface area (Å²) >= 11 is 1.72. The number of benzene rings is 1. The van der Waals surface area contributed by atoms with Crippen LogP contribution in [0.25, 0.3) is 10.2 Å². The lowest BCUT2D eigenvalue weighted by Gasteiger charge is -2.24. The Morgan fingerprint density at radius 1 is 1.14 bits per heavy atom. The van der Waals surface area contributed by atoms with Crippen molar-refractivity contribution in [2.45, 2.75) is 104 Å². The van der Waals surface area contributed by atoms with Crippen LogP contribution in [0.3, 0.4) is 0 Å². The van der Waals surface area contributed by atoms with Crippen LogP contribution in [0.1, 0.15) is 96.1 Å². The maximum Gasteiger partial charge on any atom is 0.220 e. The van der Waals surface area contributed by atoms with Gasteiger partial charge in [-0.05, 0) is 87.8 Å². The number of carbonyl (C=O) groups excluding carboxylic acids is 3. The van der Waals surface area contributed by atoms with Crippen LogP contribution < -0.4 is 16.4 Å². The first-order valence-corrected chi connectivity index (χ1v) is 17.1. The summed E-state index contributed by atoms with van der Waals surface area (Å²) < 4.78 is 1.23. The molecular weight excluding hydrogens is 558 g/mol. The Kier molecular flexibility index (Phi) is 20.4. The molecule has 4 N–H and O–H groups in total. The maximum atomic E-state index is 12.4. The zero-order valence-electron chi connectivity index (χ0n) is 27.4. The Morgan fingerprint density at radius 2 is 1.81 bits per heavy atom. The Hall–Kier alpha value is -2.62. The Balaban J connectivity index is 0.000000422. The molecule has 1 saturated heterocycles. The number of nitrogens with zero attached hydrogens (tertiary/aromatic N) is 2. The molecule has 242 valence electrons. The number of aryl methyl sites for hydroxylation is 2. The van der Waals surface area contributed by atoms with Gasteiger partial charge in [0.05, 0.1) is 15.2 Å². The maximum absolute atomic E-state index is 12.4. The molecule has 1 aliphatic heterocycles. The molecule has 4 rings (SSSR count). The molecule has 1 aromatic carbocycles. The number of hydrogen-bond acceptors (Lipinski definition) is 7. The number of thiazole rings is 1. The van der Waals surface area contributed by atoms with Crippen molar-refractivity contribution in [3.05, 3.63) is 40.9 Å². The van der Waals surface area contributed by atoms with Crippen LogP contribution in [-0.4, -0.2) is 67.3 Å². The molecule has 0 bridgehead atoms. The smallest absolute Gasteiger partial charge is 0.220 e. The summed E-state index contributed by atoms with van der Waals surface area (Å²) in [5, 5.41) is 7.54. The van der Waals surface area contributed by atoms with Gasteiger partial charge in [0.25, 0.3) is 0 Å². The lowest BCUT2D eigenvalue weighted by Crippen LogP contribution is -2.45. The normalized spacial score (nSPS) is 15.3. The third-order valence-corrected chi connectivity index (χ3v) is 8.58. The first-order chi connectivity index (χ1) is 20.8. The molecule has 2 aliphatic rings. The number of primary amides is 1. The second kappa shape index (κ2) is 22.9. The Bertz CT molecular complexity index is 1090. The molecule has 2 aromatic rings. The molecule has 43 heavy (non-hydrogen) atoms. The van der Waals surface area contributed by atoms with E-state index >= 15 is 0 Å². The van der Waals surface area contributed by atoms with Crippen molar-refractivity contribution in [2.24, 2.45) is 11.7 Å². The zero-order valence-corrected chi connectivity index (χ0v) is 28.2. The van der Waals surface area contributed by atoms with Crippen LogP contribution >= 0.6 is 11.3 Å². The van der Waals surface area contributed by atoms with E-state index < -0.39 is 0 Å². The molecule has 2 fully saturated rings. The van der Waals surface area contributed by atoms with E-state index in [0.29, 0.717) is 24.3 Å². The molecule has 1 unspecified atom stereocenters. The predicted octanol–water partition coefficient (Wildman–Crippen LogP) is 5.82. The van der Waals surface area contributed by atoms with Gasteiger partial charge in [-0.25, -0.2) is 4.98 Å². The quantitative estimate of drug-likeness (QED) is 0.193. The third-order valence-electron chi connectivity index (χ3n) is 7.50. The van der Waals surface area contributed by atoms with Gasteiger partial charge in [0.1, 0.15) is 6.29 Å². The molecule has 1 atom stereocenters. The minimum absolute atomic E-state index is 0.153. The summed E-state index contributed by atoms with van der Waals surface area (Å²) in [6, 6.07) is 6.72. The summed E-state index contributed by atoms with van der Waals surface area (Å²) in [6.07, 6.45) is 12.1. The fourth-order valence-corrected chi connectivity index (χ4v) is 6.30. The monoisotopic (exact) mass is 615 g/mol. The fraction of sp³-hybridized carbons (Fsp3) is 0.647. The van der Waals surface area contributed by atoms with Crippen LogP contribution in [0, 0.1) is 5.92 Å². The van der Waals surface area contributed by atoms with Crippen molar-refractivity contribution in [1.82, 2.24) is 20.5 Å². The van der Waals surface area contributed by atoms with Gasteiger partial charge >= 0.3 is 0 Å². The van der Waals surface area contributed by atoms with Crippen molar-refractivity contribution >= 4 is 39.7 Å². The van der Waals surface area contributed by atoms with E-state index in [9.17, 15) is 14.4 Å². The highest BCUT2D eigenvalue weighted by atomic mass is 32.1. The van der Waals surface area contributed by atoms with E-state index in [1.54, 1.807) is 11.3 Å². The topological polar surface area (TPSA) is 117 Å². The average molecular weight is 616 g/mol.